The fourth-order valence-corrected chi connectivity index (χ4v) is 5.49. The van der Waals surface area contributed by atoms with E-state index in [-0.39, 0.29) is 17.3 Å². The van der Waals surface area contributed by atoms with Crippen LogP contribution in [0.5, 0.6) is 0 Å². The van der Waals surface area contributed by atoms with E-state index >= 15 is 0 Å². The lowest BCUT2D eigenvalue weighted by Gasteiger charge is -2.32. The SMILES string of the molecule is CCNC(=O)[C@H](C)N(Cc1ccc(Cl)cc1)C(=O)CN(c1ccccc1C)S(=O)(=O)c1ccc(C)cc1. The van der Waals surface area contributed by atoms with Crippen LogP contribution in [0, 0.1) is 13.8 Å². The van der Waals surface area contributed by atoms with Crippen LogP contribution in [0.2, 0.25) is 5.02 Å². The number of halogens is 1. The molecule has 37 heavy (non-hydrogen) atoms. The molecule has 0 aliphatic rings. The fourth-order valence-electron chi connectivity index (χ4n) is 3.89. The first-order valence-electron chi connectivity index (χ1n) is 12.0. The Morgan fingerprint density at radius 1 is 0.946 bits per heavy atom. The van der Waals surface area contributed by atoms with Crippen LogP contribution in [-0.2, 0) is 26.2 Å². The second kappa shape index (κ2) is 12.3. The highest BCUT2D eigenvalue weighted by atomic mass is 35.5. The summed E-state index contributed by atoms with van der Waals surface area (Å²) in [4.78, 5) is 28.0. The van der Waals surface area contributed by atoms with Gasteiger partial charge in [0.2, 0.25) is 11.8 Å². The highest BCUT2D eigenvalue weighted by Gasteiger charge is 2.32. The van der Waals surface area contributed by atoms with Crippen LogP contribution in [0.4, 0.5) is 5.69 Å². The predicted molar refractivity (Wildman–Crippen MR) is 147 cm³/mol. The lowest BCUT2D eigenvalue weighted by atomic mass is 10.1. The van der Waals surface area contributed by atoms with Gasteiger partial charge in [-0.05, 0) is 69.2 Å². The Hall–Kier alpha value is -3.36. The van der Waals surface area contributed by atoms with E-state index in [4.69, 9.17) is 11.6 Å². The third-order valence-corrected chi connectivity index (χ3v) is 8.08. The lowest BCUT2D eigenvalue weighted by molar-refractivity contribution is -0.139. The highest BCUT2D eigenvalue weighted by Crippen LogP contribution is 2.27. The number of anilines is 1. The molecule has 0 unspecified atom stereocenters. The fraction of sp³-hybridized carbons (Fsp3) is 0.286. The molecule has 0 saturated heterocycles. The Balaban J connectivity index is 2.03. The molecule has 0 aliphatic carbocycles. The van der Waals surface area contributed by atoms with Crippen molar-refractivity contribution >= 4 is 39.1 Å². The van der Waals surface area contributed by atoms with E-state index in [2.05, 4.69) is 5.32 Å². The maximum Gasteiger partial charge on any atom is 0.264 e. The molecule has 1 N–H and O–H groups in total. The molecule has 0 aromatic heterocycles. The number of nitrogens with one attached hydrogen (secondary N) is 1. The smallest absolute Gasteiger partial charge is 0.264 e. The van der Waals surface area contributed by atoms with Crippen LogP contribution >= 0.6 is 11.6 Å². The standard InChI is InChI=1S/C28H32ClN3O4S/c1-5-30-28(34)22(4)31(18-23-12-14-24(29)15-13-23)27(33)19-32(26-9-7-6-8-21(26)3)37(35,36)25-16-10-20(2)11-17-25/h6-17,22H,5,18-19H2,1-4H3,(H,30,34)/t22-/m0/s1. The summed E-state index contributed by atoms with van der Waals surface area (Å²) >= 11 is 6.02. The number of likely N-dealkylation sites (N-methyl/N-ethyl adjacent to an activating group) is 1. The number of carbonyl (C=O) groups excluding carboxylic acids is 2. The van der Waals surface area contributed by atoms with Crippen LogP contribution in [0.3, 0.4) is 0 Å². The van der Waals surface area contributed by atoms with Gasteiger partial charge in [-0.1, -0.05) is 59.6 Å². The summed E-state index contributed by atoms with van der Waals surface area (Å²) in [5.74, 6) is -0.832. The average molecular weight is 542 g/mol. The van der Waals surface area contributed by atoms with Gasteiger partial charge in [-0.15, -0.1) is 0 Å². The molecule has 0 saturated carbocycles. The van der Waals surface area contributed by atoms with E-state index in [1.165, 1.54) is 17.0 Å². The molecule has 3 aromatic carbocycles. The van der Waals surface area contributed by atoms with Crippen molar-refractivity contribution in [3.8, 4) is 0 Å². The normalized spacial score (nSPS) is 12.0. The van der Waals surface area contributed by atoms with Gasteiger partial charge in [0.15, 0.2) is 0 Å². The van der Waals surface area contributed by atoms with Crippen molar-refractivity contribution in [1.82, 2.24) is 10.2 Å². The Morgan fingerprint density at radius 3 is 2.16 bits per heavy atom. The molecule has 3 rings (SSSR count). The minimum atomic E-state index is -4.09. The molecule has 7 nitrogen and oxygen atoms in total. The highest BCUT2D eigenvalue weighted by molar-refractivity contribution is 7.92. The number of aryl methyl sites for hydroxylation is 2. The Kier molecular flexibility index (Phi) is 9.34. The molecule has 3 aromatic rings. The minimum absolute atomic E-state index is 0.0789. The molecule has 0 aliphatic heterocycles. The Morgan fingerprint density at radius 2 is 1.57 bits per heavy atom. The van der Waals surface area contributed by atoms with Crippen molar-refractivity contribution in [1.29, 1.82) is 0 Å². The number of para-hydroxylation sites is 1. The van der Waals surface area contributed by atoms with Crippen LogP contribution in [0.25, 0.3) is 0 Å². The summed E-state index contributed by atoms with van der Waals surface area (Å²) in [6, 6.07) is 19.6. The van der Waals surface area contributed by atoms with E-state index in [1.54, 1.807) is 81.4 Å². The van der Waals surface area contributed by atoms with Crippen LogP contribution in [0.15, 0.2) is 77.7 Å². The number of nitrogens with zero attached hydrogens (tertiary/aromatic N) is 2. The predicted octanol–water partition coefficient (Wildman–Crippen LogP) is 4.71. The van der Waals surface area contributed by atoms with E-state index in [9.17, 15) is 18.0 Å². The summed E-state index contributed by atoms with van der Waals surface area (Å²) < 4.78 is 28.8. The van der Waals surface area contributed by atoms with Crippen molar-refractivity contribution in [2.45, 2.75) is 45.2 Å². The maximum atomic E-state index is 13.8. The van der Waals surface area contributed by atoms with Gasteiger partial charge in [-0.3, -0.25) is 13.9 Å². The van der Waals surface area contributed by atoms with Gasteiger partial charge in [-0.2, -0.15) is 0 Å². The third kappa shape index (κ3) is 6.90. The Bertz CT molecular complexity index is 1340. The number of benzene rings is 3. The van der Waals surface area contributed by atoms with Crippen molar-refractivity contribution in [2.75, 3.05) is 17.4 Å². The Labute approximate surface area is 224 Å². The van der Waals surface area contributed by atoms with Crippen molar-refractivity contribution in [3.05, 3.63) is 94.5 Å². The molecule has 0 spiro atoms. The van der Waals surface area contributed by atoms with E-state index in [0.29, 0.717) is 22.8 Å². The summed E-state index contributed by atoms with van der Waals surface area (Å²) in [6.07, 6.45) is 0. The first-order chi connectivity index (χ1) is 17.5. The van der Waals surface area contributed by atoms with Crippen molar-refractivity contribution in [2.24, 2.45) is 0 Å². The zero-order valence-electron chi connectivity index (χ0n) is 21.4. The first-order valence-corrected chi connectivity index (χ1v) is 13.8. The molecule has 9 heteroatoms. The molecule has 0 heterocycles. The lowest BCUT2D eigenvalue weighted by Crippen LogP contribution is -2.51. The molecule has 196 valence electrons. The molecular formula is C28H32ClN3O4S. The van der Waals surface area contributed by atoms with Gasteiger partial charge >= 0.3 is 0 Å². The molecule has 1 atom stereocenters. The number of carbonyl (C=O) groups is 2. The van der Waals surface area contributed by atoms with Gasteiger partial charge in [0, 0.05) is 18.1 Å². The molecular weight excluding hydrogens is 510 g/mol. The number of hydrogen-bond donors (Lipinski definition) is 1. The maximum absolute atomic E-state index is 13.8. The van der Waals surface area contributed by atoms with Gasteiger partial charge in [0.25, 0.3) is 10.0 Å². The number of rotatable bonds is 10. The minimum Gasteiger partial charge on any atom is -0.355 e. The van der Waals surface area contributed by atoms with Crippen molar-refractivity contribution < 1.29 is 18.0 Å². The monoisotopic (exact) mass is 541 g/mol. The topological polar surface area (TPSA) is 86.8 Å². The zero-order chi connectivity index (χ0) is 27.2. The summed E-state index contributed by atoms with van der Waals surface area (Å²) in [5.41, 5.74) is 2.78. The largest absolute Gasteiger partial charge is 0.355 e. The van der Waals surface area contributed by atoms with E-state index in [1.807, 2.05) is 6.92 Å². The third-order valence-electron chi connectivity index (χ3n) is 6.06. The van der Waals surface area contributed by atoms with Gasteiger partial charge in [0.1, 0.15) is 12.6 Å². The number of hydrogen-bond acceptors (Lipinski definition) is 4. The molecule has 0 bridgehead atoms. The first kappa shape index (κ1) is 28.2. The number of sulfonamides is 1. The second-order valence-corrected chi connectivity index (χ2v) is 11.1. The quantitative estimate of drug-likeness (QED) is 0.403. The van der Waals surface area contributed by atoms with Gasteiger partial charge in [-0.25, -0.2) is 8.42 Å². The van der Waals surface area contributed by atoms with Crippen molar-refractivity contribution in [3.63, 3.8) is 0 Å². The van der Waals surface area contributed by atoms with Crippen LogP contribution in [-0.4, -0.2) is 44.3 Å². The molecule has 0 radical (unpaired) electrons. The van der Waals surface area contributed by atoms with E-state index in [0.717, 1.165) is 15.4 Å². The zero-order valence-corrected chi connectivity index (χ0v) is 23.0. The van der Waals surface area contributed by atoms with Gasteiger partial charge in [0.05, 0.1) is 10.6 Å². The van der Waals surface area contributed by atoms with E-state index < -0.39 is 28.5 Å². The molecule has 2 amide bonds. The molecule has 0 fully saturated rings. The second-order valence-electron chi connectivity index (χ2n) is 8.83. The summed E-state index contributed by atoms with van der Waals surface area (Å²) in [7, 11) is -4.09. The average Bonchev–Trinajstić information content (AvgIpc) is 2.87. The van der Waals surface area contributed by atoms with Crippen LogP contribution in [0.1, 0.15) is 30.5 Å². The summed E-state index contributed by atoms with van der Waals surface area (Å²) in [6.45, 7) is 7.13. The number of amides is 2. The van der Waals surface area contributed by atoms with Gasteiger partial charge < -0.3 is 10.2 Å². The summed E-state index contributed by atoms with van der Waals surface area (Å²) in [5, 5.41) is 3.29. The van der Waals surface area contributed by atoms with Crippen LogP contribution < -0.4 is 9.62 Å².